The molecule has 102 valence electrons. The van der Waals surface area contributed by atoms with Gasteiger partial charge in [-0.25, -0.2) is 13.2 Å². The molecular formula is C12H6F4N4. The lowest BCUT2D eigenvalue weighted by atomic mass is 10.1. The molecule has 1 aromatic rings. The SMILES string of the molecule is C=Cc1c(F)cc(N(F)N=CC(C#N)C#N)c(F)c1F. The summed E-state index contributed by atoms with van der Waals surface area (Å²) in [6.45, 7) is 3.09. The average Bonchev–Trinajstić information content (AvgIpc) is 2.44. The minimum absolute atomic E-state index is 0.376. The summed E-state index contributed by atoms with van der Waals surface area (Å²) in [5, 5.41) is 19.1. The predicted molar refractivity (Wildman–Crippen MR) is 63.2 cm³/mol. The van der Waals surface area contributed by atoms with E-state index in [0.717, 1.165) is 6.08 Å². The summed E-state index contributed by atoms with van der Waals surface area (Å²) in [4.78, 5) is 0. The molecule has 20 heavy (non-hydrogen) atoms. The van der Waals surface area contributed by atoms with Crippen molar-refractivity contribution >= 4 is 18.0 Å². The fourth-order valence-electron chi connectivity index (χ4n) is 1.20. The second kappa shape index (κ2) is 6.34. The van der Waals surface area contributed by atoms with Gasteiger partial charge < -0.3 is 0 Å². The van der Waals surface area contributed by atoms with Crippen LogP contribution in [0.1, 0.15) is 5.56 Å². The highest BCUT2D eigenvalue weighted by Crippen LogP contribution is 2.28. The van der Waals surface area contributed by atoms with E-state index < -0.39 is 39.9 Å². The molecule has 0 bridgehead atoms. The molecule has 0 amide bonds. The number of halogens is 4. The Bertz CT molecular complexity index is 628. The minimum atomic E-state index is -1.67. The van der Waals surface area contributed by atoms with Crippen LogP contribution in [0.5, 0.6) is 0 Å². The predicted octanol–water partition coefficient (Wildman–Crippen LogP) is 3.09. The Morgan fingerprint density at radius 2 is 1.85 bits per heavy atom. The first-order valence-electron chi connectivity index (χ1n) is 5.05. The molecule has 4 nitrogen and oxygen atoms in total. The summed E-state index contributed by atoms with van der Waals surface area (Å²) in [6.07, 6.45) is 1.31. The summed E-state index contributed by atoms with van der Waals surface area (Å²) < 4.78 is 53.7. The van der Waals surface area contributed by atoms with Gasteiger partial charge in [-0.2, -0.15) is 15.6 Å². The van der Waals surface area contributed by atoms with Crippen molar-refractivity contribution in [3.05, 3.63) is 35.7 Å². The molecule has 0 unspecified atom stereocenters. The third kappa shape index (κ3) is 2.93. The van der Waals surface area contributed by atoms with Crippen LogP contribution in [0.25, 0.3) is 6.08 Å². The van der Waals surface area contributed by atoms with E-state index in [-0.39, 0.29) is 0 Å². The quantitative estimate of drug-likeness (QED) is 0.280. The summed E-state index contributed by atoms with van der Waals surface area (Å²) in [7, 11) is 0. The van der Waals surface area contributed by atoms with Crippen molar-refractivity contribution in [2.24, 2.45) is 11.0 Å². The second-order valence-corrected chi connectivity index (χ2v) is 3.38. The number of anilines is 1. The maximum atomic E-state index is 13.5. The lowest BCUT2D eigenvalue weighted by Crippen LogP contribution is -2.10. The molecule has 0 N–H and O–H groups in total. The maximum absolute atomic E-state index is 13.5. The Labute approximate surface area is 111 Å². The van der Waals surface area contributed by atoms with Crippen LogP contribution >= 0.6 is 0 Å². The first kappa shape index (κ1) is 15.2. The van der Waals surface area contributed by atoms with Crippen molar-refractivity contribution in [1.82, 2.24) is 0 Å². The van der Waals surface area contributed by atoms with E-state index in [9.17, 15) is 17.7 Å². The zero-order chi connectivity index (χ0) is 15.3. The molecule has 0 aliphatic rings. The Balaban J connectivity index is 3.19. The van der Waals surface area contributed by atoms with Gasteiger partial charge in [0.15, 0.2) is 17.6 Å². The number of hydrogen-bond acceptors (Lipinski definition) is 4. The smallest absolute Gasteiger partial charge is 0.187 e. The Morgan fingerprint density at radius 3 is 2.35 bits per heavy atom. The average molecular weight is 282 g/mol. The summed E-state index contributed by atoms with van der Waals surface area (Å²) in [6, 6.07) is 3.29. The van der Waals surface area contributed by atoms with Crippen LogP contribution in [0, 0.1) is 46.0 Å². The Morgan fingerprint density at radius 1 is 1.25 bits per heavy atom. The molecule has 8 heteroatoms. The van der Waals surface area contributed by atoms with Crippen molar-refractivity contribution in [2.45, 2.75) is 0 Å². The number of nitrogens with zero attached hydrogens (tertiary/aromatic N) is 4. The molecule has 0 aromatic heterocycles. The van der Waals surface area contributed by atoms with Crippen LogP contribution in [0.2, 0.25) is 0 Å². The number of hydrazone groups is 1. The lowest BCUT2D eigenvalue weighted by Gasteiger charge is -2.11. The molecule has 0 aliphatic heterocycles. The van der Waals surface area contributed by atoms with Crippen molar-refractivity contribution in [2.75, 3.05) is 5.23 Å². The third-order valence-electron chi connectivity index (χ3n) is 2.17. The van der Waals surface area contributed by atoms with Gasteiger partial charge in [0, 0.05) is 11.6 Å². The monoisotopic (exact) mass is 282 g/mol. The lowest BCUT2D eigenvalue weighted by molar-refractivity contribution is 0.420. The van der Waals surface area contributed by atoms with E-state index in [4.69, 9.17) is 10.5 Å². The second-order valence-electron chi connectivity index (χ2n) is 3.38. The Kier molecular flexibility index (Phi) is 4.82. The van der Waals surface area contributed by atoms with Gasteiger partial charge in [-0.3, -0.25) is 0 Å². The number of benzene rings is 1. The zero-order valence-electron chi connectivity index (χ0n) is 9.82. The molecule has 0 saturated heterocycles. The molecular weight excluding hydrogens is 276 g/mol. The molecule has 0 fully saturated rings. The van der Waals surface area contributed by atoms with Crippen LogP contribution in [0.15, 0.2) is 17.7 Å². The zero-order valence-corrected chi connectivity index (χ0v) is 9.82. The summed E-state index contributed by atoms with van der Waals surface area (Å²) in [5.41, 5.74) is -1.87. The van der Waals surface area contributed by atoms with Gasteiger partial charge in [-0.15, -0.1) is 0 Å². The van der Waals surface area contributed by atoms with Crippen LogP contribution in [-0.4, -0.2) is 6.21 Å². The molecule has 0 atom stereocenters. The van der Waals surface area contributed by atoms with Crippen LogP contribution in [0.4, 0.5) is 23.3 Å². The van der Waals surface area contributed by atoms with E-state index >= 15 is 0 Å². The highest BCUT2D eigenvalue weighted by molar-refractivity contribution is 5.69. The largest absolute Gasteiger partial charge is 0.206 e. The molecule has 0 aliphatic carbocycles. The van der Waals surface area contributed by atoms with Gasteiger partial charge in [-0.05, 0) is 0 Å². The third-order valence-corrected chi connectivity index (χ3v) is 2.17. The molecule has 0 saturated carbocycles. The molecule has 0 heterocycles. The summed E-state index contributed by atoms with van der Waals surface area (Å²) in [5.74, 6) is -5.90. The van der Waals surface area contributed by atoms with E-state index in [2.05, 4.69) is 11.7 Å². The first-order chi connectivity index (χ1) is 9.46. The standard InChI is InChI=1S/C12H6F4N4/c1-2-8-9(13)3-10(12(15)11(8)14)20(16)19-6-7(4-17)5-18/h2-3,6-7H,1H2. The van der Waals surface area contributed by atoms with Gasteiger partial charge in [-0.1, -0.05) is 22.4 Å². The van der Waals surface area contributed by atoms with Gasteiger partial charge in [0.05, 0.1) is 18.4 Å². The van der Waals surface area contributed by atoms with Crippen LogP contribution < -0.4 is 5.23 Å². The van der Waals surface area contributed by atoms with Gasteiger partial charge in [0.2, 0.25) is 0 Å². The topological polar surface area (TPSA) is 63.2 Å². The number of nitriles is 2. The van der Waals surface area contributed by atoms with Crippen molar-refractivity contribution in [1.29, 1.82) is 10.5 Å². The van der Waals surface area contributed by atoms with Gasteiger partial charge in [0.25, 0.3) is 0 Å². The fraction of sp³-hybridized carbons (Fsp3) is 0.0833. The highest BCUT2D eigenvalue weighted by Gasteiger charge is 2.21. The first-order valence-corrected chi connectivity index (χ1v) is 5.05. The molecule has 0 spiro atoms. The van der Waals surface area contributed by atoms with Crippen LogP contribution in [-0.2, 0) is 0 Å². The van der Waals surface area contributed by atoms with Gasteiger partial charge >= 0.3 is 0 Å². The maximum Gasteiger partial charge on any atom is 0.187 e. The van der Waals surface area contributed by atoms with Crippen molar-refractivity contribution < 1.29 is 17.7 Å². The molecule has 1 aromatic carbocycles. The highest BCUT2D eigenvalue weighted by atomic mass is 19.2. The van der Waals surface area contributed by atoms with E-state index in [1.165, 1.54) is 12.1 Å². The fourth-order valence-corrected chi connectivity index (χ4v) is 1.20. The Hall–Kier alpha value is -2.87. The molecule has 1 rings (SSSR count). The number of hydrogen-bond donors (Lipinski definition) is 0. The normalized spacial score (nSPS) is 10.3. The van der Waals surface area contributed by atoms with Crippen molar-refractivity contribution in [3.63, 3.8) is 0 Å². The molecule has 0 radical (unpaired) electrons. The van der Waals surface area contributed by atoms with Crippen LogP contribution in [0.3, 0.4) is 0 Å². The van der Waals surface area contributed by atoms with E-state index in [1.54, 1.807) is 0 Å². The minimum Gasteiger partial charge on any atom is -0.206 e. The summed E-state index contributed by atoms with van der Waals surface area (Å²) >= 11 is 0. The van der Waals surface area contributed by atoms with E-state index in [0.29, 0.717) is 12.3 Å². The number of rotatable bonds is 4. The van der Waals surface area contributed by atoms with Gasteiger partial charge in [0.1, 0.15) is 11.5 Å². The van der Waals surface area contributed by atoms with E-state index in [1.807, 2.05) is 0 Å². The van der Waals surface area contributed by atoms with Crippen molar-refractivity contribution in [3.8, 4) is 12.1 Å².